The second kappa shape index (κ2) is 20.2. The number of para-hydroxylation sites is 2. The third-order valence-electron chi connectivity index (χ3n) is 8.90. The Hall–Kier alpha value is -2.89. The first-order chi connectivity index (χ1) is 23.1. The first kappa shape index (κ1) is 50.1. The molecule has 0 aliphatic rings. The van der Waals surface area contributed by atoms with Crippen molar-refractivity contribution in [1.29, 1.82) is 0 Å². The SMILES string of the molecule is CCC(=Nc1ccccc1)c1cc(C(C)(C)C)cc(C(C)(C)C)c1O.CCC(=Nc1ccccc1)c1cc(C(C)(C)C)cc(C(C)(C)C)c1O.Cl.Cl.[Ti]. The minimum Gasteiger partial charge on any atom is -0.507 e. The Morgan fingerprint density at radius 3 is 0.981 bits per heavy atom. The topological polar surface area (TPSA) is 65.2 Å². The van der Waals surface area contributed by atoms with Crippen molar-refractivity contribution in [2.24, 2.45) is 9.98 Å². The van der Waals surface area contributed by atoms with E-state index in [-0.39, 0.29) is 68.2 Å². The molecule has 53 heavy (non-hydrogen) atoms. The molecule has 4 aromatic carbocycles. The van der Waals surface area contributed by atoms with Crippen molar-refractivity contribution in [2.45, 2.75) is 131 Å². The summed E-state index contributed by atoms with van der Waals surface area (Å²) in [6, 6.07) is 28.4. The van der Waals surface area contributed by atoms with E-state index in [1.54, 1.807) is 0 Å². The van der Waals surface area contributed by atoms with Gasteiger partial charge in [-0.3, -0.25) is 9.98 Å². The Morgan fingerprint density at radius 1 is 0.472 bits per heavy atom. The Morgan fingerprint density at radius 2 is 0.755 bits per heavy atom. The molecule has 0 saturated carbocycles. The van der Waals surface area contributed by atoms with Crippen LogP contribution in [0.1, 0.15) is 143 Å². The van der Waals surface area contributed by atoms with E-state index in [0.717, 1.165) is 57.9 Å². The number of aliphatic imine (C=N–C) groups is 2. The van der Waals surface area contributed by atoms with Crippen molar-refractivity contribution in [2.75, 3.05) is 0 Å². The average Bonchev–Trinajstić information content (AvgIpc) is 3.02. The van der Waals surface area contributed by atoms with E-state index in [1.165, 1.54) is 11.1 Å². The van der Waals surface area contributed by atoms with Crippen LogP contribution >= 0.6 is 24.8 Å². The van der Waals surface area contributed by atoms with Crippen LogP contribution in [0.5, 0.6) is 11.5 Å². The van der Waals surface area contributed by atoms with Gasteiger partial charge in [0.05, 0.1) is 22.8 Å². The number of halogens is 2. The number of phenolic OH excluding ortho intramolecular Hbond substituents is 2. The van der Waals surface area contributed by atoms with Crippen LogP contribution in [0.25, 0.3) is 0 Å². The molecular formula is C46H64Cl2N2O2Ti. The van der Waals surface area contributed by atoms with Gasteiger partial charge in [-0.2, -0.15) is 0 Å². The van der Waals surface area contributed by atoms with Gasteiger partial charge in [0.25, 0.3) is 0 Å². The summed E-state index contributed by atoms with van der Waals surface area (Å²) in [7, 11) is 0. The standard InChI is InChI=1S/2C23H31NO.2ClH.Ti/c2*1-8-20(24-17-12-10-9-11-13-17)18-14-16(22(2,3)4)15-19(21(18)25)23(5,6)7;;;/h2*9-15,25H,8H2,1-7H3;2*1H;. The molecule has 0 unspecified atom stereocenters. The van der Waals surface area contributed by atoms with Gasteiger partial charge in [-0.1, -0.05) is 145 Å². The summed E-state index contributed by atoms with van der Waals surface area (Å²) in [5.41, 5.74) is 9.51. The zero-order chi connectivity index (χ0) is 37.7. The summed E-state index contributed by atoms with van der Waals surface area (Å²) < 4.78 is 0. The molecule has 2 N–H and O–H groups in total. The van der Waals surface area contributed by atoms with Crippen molar-refractivity contribution in [1.82, 2.24) is 0 Å². The number of hydrogen-bond acceptors (Lipinski definition) is 4. The second-order valence-electron chi connectivity index (χ2n) is 17.3. The third-order valence-corrected chi connectivity index (χ3v) is 8.90. The van der Waals surface area contributed by atoms with E-state index in [9.17, 15) is 10.2 Å². The monoisotopic (exact) mass is 794 g/mol. The Balaban J connectivity index is 0.000000966. The number of benzene rings is 4. The van der Waals surface area contributed by atoms with Gasteiger partial charge in [-0.05, 0) is 82.0 Å². The van der Waals surface area contributed by atoms with Gasteiger partial charge in [0.1, 0.15) is 11.5 Å². The second-order valence-corrected chi connectivity index (χ2v) is 17.3. The van der Waals surface area contributed by atoms with Crippen molar-refractivity contribution in [3.63, 3.8) is 0 Å². The zero-order valence-electron chi connectivity index (χ0n) is 34.6. The fraction of sp³-hybridized carbons (Fsp3) is 0.435. The van der Waals surface area contributed by atoms with Gasteiger partial charge in [-0.15, -0.1) is 24.8 Å². The minimum absolute atomic E-state index is 0. The molecule has 288 valence electrons. The maximum Gasteiger partial charge on any atom is 0.128 e. The molecule has 0 aromatic heterocycles. The fourth-order valence-corrected chi connectivity index (χ4v) is 5.69. The summed E-state index contributed by atoms with van der Waals surface area (Å²) in [6.07, 6.45) is 1.53. The Labute approximate surface area is 348 Å². The van der Waals surface area contributed by atoms with Crippen LogP contribution in [-0.4, -0.2) is 21.6 Å². The van der Waals surface area contributed by atoms with E-state index in [0.29, 0.717) is 11.5 Å². The summed E-state index contributed by atoms with van der Waals surface area (Å²) >= 11 is 0. The van der Waals surface area contributed by atoms with Crippen LogP contribution < -0.4 is 0 Å². The molecule has 0 aliphatic heterocycles. The molecule has 0 heterocycles. The molecule has 0 amide bonds. The molecule has 0 atom stereocenters. The first-order valence-corrected chi connectivity index (χ1v) is 18.1. The number of rotatable bonds is 6. The third kappa shape index (κ3) is 13.7. The van der Waals surface area contributed by atoms with E-state index in [2.05, 4.69) is 121 Å². The molecule has 4 nitrogen and oxygen atoms in total. The average molecular weight is 796 g/mol. The molecular weight excluding hydrogens is 731 g/mol. The Kier molecular flexibility index (Phi) is 19.1. The van der Waals surface area contributed by atoms with Crippen LogP contribution in [0.15, 0.2) is 94.9 Å². The molecule has 0 spiro atoms. The van der Waals surface area contributed by atoms with Gasteiger partial charge >= 0.3 is 0 Å². The summed E-state index contributed by atoms with van der Waals surface area (Å²) in [5, 5.41) is 22.0. The van der Waals surface area contributed by atoms with E-state index in [4.69, 9.17) is 9.98 Å². The van der Waals surface area contributed by atoms with Gasteiger partial charge < -0.3 is 10.2 Å². The van der Waals surface area contributed by atoms with Gasteiger partial charge in [0, 0.05) is 44.0 Å². The quantitative estimate of drug-likeness (QED) is 0.151. The largest absolute Gasteiger partial charge is 0.507 e. The smallest absolute Gasteiger partial charge is 0.128 e. The van der Waals surface area contributed by atoms with Crippen LogP contribution in [0.4, 0.5) is 11.4 Å². The summed E-state index contributed by atoms with van der Waals surface area (Å²) in [4.78, 5) is 9.62. The first-order valence-electron chi connectivity index (χ1n) is 18.1. The minimum atomic E-state index is -0.133. The maximum absolute atomic E-state index is 11.0. The Bertz CT molecular complexity index is 1670. The van der Waals surface area contributed by atoms with Gasteiger partial charge in [0.2, 0.25) is 0 Å². The number of aromatic hydroxyl groups is 2. The van der Waals surface area contributed by atoms with E-state index < -0.39 is 0 Å². The predicted molar refractivity (Wildman–Crippen MR) is 231 cm³/mol. The molecule has 0 radical (unpaired) electrons. The van der Waals surface area contributed by atoms with Crippen LogP contribution in [-0.2, 0) is 43.4 Å². The zero-order valence-corrected chi connectivity index (χ0v) is 37.8. The molecule has 4 aromatic rings. The van der Waals surface area contributed by atoms with Gasteiger partial charge in [0.15, 0.2) is 0 Å². The molecule has 7 heteroatoms. The van der Waals surface area contributed by atoms with Crippen LogP contribution in [0.3, 0.4) is 0 Å². The summed E-state index contributed by atoms with van der Waals surface area (Å²) in [6.45, 7) is 30.2. The number of phenols is 2. The van der Waals surface area contributed by atoms with Crippen molar-refractivity contribution in [3.05, 3.63) is 118 Å². The summed E-state index contributed by atoms with van der Waals surface area (Å²) in [5.74, 6) is 0.717. The van der Waals surface area contributed by atoms with Crippen LogP contribution in [0, 0.1) is 0 Å². The molecule has 4 rings (SSSR count). The fourth-order valence-electron chi connectivity index (χ4n) is 5.69. The molecule has 0 aliphatic carbocycles. The molecule has 0 bridgehead atoms. The van der Waals surface area contributed by atoms with Crippen LogP contribution in [0.2, 0.25) is 0 Å². The van der Waals surface area contributed by atoms with Crippen molar-refractivity contribution in [3.8, 4) is 11.5 Å². The number of nitrogens with zero attached hydrogens (tertiary/aromatic N) is 2. The predicted octanol–water partition coefficient (Wildman–Crippen LogP) is 13.9. The molecule has 0 fully saturated rings. The number of hydrogen-bond donors (Lipinski definition) is 2. The van der Waals surface area contributed by atoms with Crippen molar-refractivity contribution < 1.29 is 31.9 Å². The maximum atomic E-state index is 11.0. The van der Waals surface area contributed by atoms with Crippen molar-refractivity contribution >= 4 is 47.6 Å². The van der Waals surface area contributed by atoms with E-state index >= 15 is 0 Å². The van der Waals surface area contributed by atoms with Gasteiger partial charge in [-0.25, -0.2) is 0 Å². The normalized spacial score (nSPS) is 12.4. The van der Waals surface area contributed by atoms with E-state index in [1.807, 2.05) is 60.7 Å². The molecule has 0 saturated heterocycles.